The molecule has 0 radical (unpaired) electrons. The molecule has 1 N–H and O–H groups in total. The smallest absolute Gasteiger partial charge is 0.324 e. The van der Waals surface area contributed by atoms with Crippen molar-refractivity contribution in [1.29, 1.82) is 0 Å². The van der Waals surface area contributed by atoms with E-state index < -0.39 is 20.2 Å². The predicted octanol–water partition coefficient (Wildman–Crippen LogP) is 3.35. The average Bonchev–Trinajstić information content (AvgIpc) is 3.51. The number of nitrogens with zero attached hydrogens (tertiary/aromatic N) is 4. The van der Waals surface area contributed by atoms with Gasteiger partial charge in [-0.25, -0.2) is 18.2 Å². The van der Waals surface area contributed by atoms with Crippen molar-refractivity contribution in [2.24, 2.45) is 11.3 Å². The number of hydrogen-bond acceptors (Lipinski definition) is 5. The van der Waals surface area contributed by atoms with Gasteiger partial charge in [-0.15, -0.1) is 0 Å². The normalized spacial score (nSPS) is 24.6. The Labute approximate surface area is 195 Å². The van der Waals surface area contributed by atoms with Gasteiger partial charge in [0.15, 0.2) is 0 Å². The fourth-order valence-corrected chi connectivity index (χ4v) is 6.59. The van der Waals surface area contributed by atoms with Gasteiger partial charge in [0.25, 0.3) is 9.84 Å². The first kappa shape index (κ1) is 23.1. The summed E-state index contributed by atoms with van der Waals surface area (Å²) in [5, 5.41) is 6.76. The Hall–Kier alpha value is -2.63. The van der Waals surface area contributed by atoms with Crippen LogP contribution in [-0.2, 0) is 16.3 Å². The molecule has 1 aromatic carbocycles. The highest BCUT2D eigenvalue weighted by Gasteiger charge is 2.51. The molecular weight excluding hydrogens is 471 g/mol. The summed E-state index contributed by atoms with van der Waals surface area (Å²) in [6.07, 6.45) is 5.61. The van der Waals surface area contributed by atoms with Crippen LogP contribution < -0.4 is 0 Å². The number of hydrogen-bond donors (Lipinski definition) is 1. The van der Waals surface area contributed by atoms with E-state index in [4.69, 9.17) is 0 Å². The Kier molecular flexibility index (Phi) is 5.61. The Balaban J connectivity index is 1.15. The number of likely N-dealkylation sites (tertiary alicyclic amines) is 2. The fraction of sp³-hybridized carbons (Fsp3) is 0.591. The predicted molar refractivity (Wildman–Crippen MR) is 115 cm³/mol. The van der Waals surface area contributed by atoms with Gasteiger partial charge in [0.05, 0.1) is 4.90 Å². The quantitative estimate of drug-likeness (QED) is 0.699. The molecule has 1 aromatic heterocycles. The SMILES string of the molecule is O=C(N1CC[C@H](c2ncn[nH]2)C1)N1CC2(CC[C@@H](Cc3cccc(S(=O)(=O)C(F)(F)F)c3)C2)C1. The lowest BCUT2D eigenvalue weighted by atomic mass is 9.77. The zero-order valence-corrected chi connectivity index (χ0v) is 19.3. The van der Waals surface area contributed by atoms with Crippen LogP contribution in [0.1, 0.15) is 43.0 Å². The number of alkyl halides is 3. The third-order valence-corrected chi connectivity index (χ3v) is 8.93. The van der Waals surface area contributed by atoms with Crippen LogP contribution in [0.5, 0.6) is 0 Å². The third kappa shape index (κ3) is 4.16. The molecule has 12 heteroatoms. The van der Waals surface area contributed by atoms with Gasteiger partial charge in [-0.1, -0.05) is 12.1 Å². The maximum absolute atomic E-state index is 12.9. The molecule has 3 aliphatic rings. The highest BCUT2D eigenvalue weighted by Crippen LogP contribution is 2.49. The van der Waals surface area contributed by atoms with Gasteiger partial charge in [0, 0.05) is 37.5 Å². The summed E-state index contributed by atoms with van der Waals surface area (Å²) < 4.78 is 62.1. The molecule has 1 spiro atoms. The van der Waals surface area contributed by atoms with Crippen molar-refractivity contribution in [3.63, 3.8) is 0 Å². The van der Waals surface area contributed by atoms with Crippen molar-refractivity contribution in [2.75, 3.05) is 26.2 Å². The van der Waals surface area contributed by atoms with Crippen LogP contribution >= 0.6 is 0 Å². The number of amides is 2. The second-order valence-electron chi connectivity index (χ2n) is 9.85. The minimum absolute atomic E-state index is 0.0427. The number of nitrogens with one attached hydrogen (secondary N) is 1. The zero-order valence-electron chi connectivity index (χ0n) is 18.5. The Bertz CT molecular complexity index is 1160. The number of urea groups is 1. The molecular formula is C22H26F3N5O3S. The minimum Gasteiger partial charge on any atom is -0.324 e. The van der Waals surface area contributed by atoms with E-state index in [1.165, 1.54) is 12.4 Å². The van der Waals surface area contributed by atoms with Gasteiger partial charge in [-0.05, 0) is 55.7 Å². The van der Waals surface area contributed by atoms with Crippen LogP contribution in [-0.4, -0.2) is 71.1 Å². The molecule has 2 saturated heterocycles. The fourth-order valence-electron chi connectivity index (χ4n) is 5.76. The molecule has 1 aliphatic carbocycles. The molecule has 2 atom stereocenters. The second kappa shape index (κ2) is 8.24. The number of aromatic amines is 1. The summed E-state index contributed by atoms with van der Waals surface area (Å²) in [5.41, 5.74) is -4.66. The van der Waals surface area contributed by atoms with Crippen LogP contribution in [0.2, 0.25) is 0 Å². The second-order valence-corrected chi connectivity index (χ2v) is 11.8. The van der Waals surface area contributed by atoms with Gasteiger partial charge < -0.3 is 9.80 Å². The van der Waals surface area contributed by atoms with Gasteiger partial charge in [-0.2, -0.15) is 18.3 Å². The van der Waals surface area contributed by atoms with Crippen molar-refractivity contribution in [3.8, 4) is 0 Å². The molecule has 2 amide bonds. The van der Waals surface area contributed by atoms with E-state index in [2.05, 4.69) is 15.2 Å². The van der Waals surface area contributed by atoms with Gasteiger partial charge >= 0.3 is 11.5 Å². The Morgan fingerprint density at radius 1 is 1.21 bits per heavy atom. The molecule has 0 unspecified atom stereocenters. The first-order valence-electron chi connectivity index (χ1n) is 11.4. The summed E-state index contributed by atoms with van der Waals surface area (Å²) in [6, 6.07) is 5.22. The number of aromatic nitrogens is 3. The lowest BCUT2D eigenvalue weighted by Crippen LogP contribution is -2.60. The minimum atomic E-state index is -5.35. The van der Waals surface area contributed by atoms with Crippen LogP contribution in [0.15, 0.2) is 35.5 Å². The standard InChI is InChI=1S/C22H26F3N5O3S/c23-22(24,25)34(32,33)18-3-1-2-15(9-18)8-16-4-6-21(10-16)12-30(13-21)20(31)29-7-5-17(11-29)19-26-14-27-28-19/h1-3,9,14,16-17H,4-8,10-13H2,(H,26,27,28)/t16-,17-/m0/s1. The van der Waals surface area contributed by atoms with Crippen LogP contribution in [0, 0.1) is 11.3 Å². The number of sulfone groups is 1. The number of rotatable bonds is 4. The molecule has 5 rings (SSSR count). The Morgan fingerprint density at radius 3 is 2.71 bits per heavy atom. The molecule has 8 nitrogen and oxygen atoms in total. The van der Waals surface area contributed by atoms with Gasteiger partial charge in [0.2, 0.25) is 0 Å². The largest absolute Gasteiger partial charge is 0.501 e. The number of halogens is 3. The van der Waals surface area contributed by atoms with Gasteiger partial charge in [-0.3, -0.25) is 5.10 Å². The number of H-pyrrole nitrogens is 1. The number of carbonyl (C=O) groups is 1. The van der Waals surface area contributed by atoms with Crippen molar-refractivity contribution in [2.45, 2.75) is 48.4 Å². The molecule has 184 valence electrons. The first-order valence-corrected chi connectivity index (χ1v) is 12.8. The molecule has 3 heterocycles. The van der Waals surface area contributed by atoms with E-state index in [0.717, 1.165) is 43.6 Å². The topological polar surface area (TPSA) is 99.3 Å². The van der Waals surface area contributed by atoms with Crippen LogP contribution in [0.25, 0.3) is 0 Å². The van der Waals surface area contributed by atoms with Crippen molar-refractivity contribution in [1.82, 2.24) is 25.0 Å². The molecule has 2 aliphatic heterocycles. The lowest BCUT2D eigenvalue weighted by molar-refractivity contribution is -0.0436. The van der Waals surface area contributed by atoms with Crippen molar-refractivity contribution < 1.29 is 26.4 Å². The van der Waals surface area contributed by atoms with Crippen molar-refractivity contribution in [3.05, 3.63) is 42.0 Å². The summed E-state index contributed by atoms with van der Waals surface area (Å²) in [6.45, 7) is 2.69. The summed E-state index contributed by atoms with van der Waals surface area (Å²) in [4.78, 5) is 20.1. The maximum Gasteiger partial charge on any atom is 0.501 e. The monoisotopic (exact) mass is 497 g/mol. The Morgan fingerprint density at radius 2 is 2.00 bits per heavy atom. The van der Waals surface area contributed by atoms with E-state index in [9.17, 15) is 26.4 Å². The van der Waals surface area contributed by atoms with Crippen LogP contribution in [0.4, 0.5) is 18.0 Å². The van der Waals surface area contributed by atoms with E-state index >= 15 is 0 Å². The van der Waals surface area contributed by atoms with E-state index in [-0.39, 0.29) is 23.3 Å². The molecule has 1 saturated carbocycles. The first-order chi connectivity index (χ1) is 16.1. The summed E-state index contributed by atoms with van der Waals surface area (Å²) in [5.74, 6) is 1.24. The number of benzene rings is 1. The third-order valence-electron chi connectivity index (χ3n) is 7.44. The zero-order chi connectivity index (χ0) is 24.1. The molecule has 3 fully saturated rings. The highest BCUT2D eigenvalue weighted by molar-refractivity contribution is 7.92. The highest BCUT2D eigenvalue weighted by atomic mass is 32.2. The average molecular weight is 498 g/mol. The molecule has 34 heavy (non-hydrogen) atoms. The van der Waals surface area contributed by atoms with Crippen LogP contribution in [0.3, 0.4) is 0 Å². The molecule has 2 aromatic rings. The van der Waals surface area contributed by atoms with E-state index in [1.54, 1.807) is 6.07 Å². The summed E-state index contributed by atoms with van der Waals surface area (Å²) >= 11 is 0. The van der Waals surface area contributed by atoms with Gasteiger partial charge in [0.1, 0.15) is 12.2 Å². The maximum atomic E-state index is 12.9. The lowest BCUT2D eigenvalue weighted by Gasteiger charge is -2.49. The molecule has 0 bridgehead atoms. The van der Waals surface area contributed by atoms with E-state index in [1.807, 2.05) is 9.80 Å². The van der Waals surface area contributed by atoms with E-state index in [0.29, 0.717) is 38.2 Å². The summed E-state index contributed by atoms with van der Waals surface area (Å²) in [7, 11) is -5.35. The van der Waals surface area contributed by atoms with Crippen molar-refractivity contribution >= 4 is 15.9 Å². The number of carbonyl (C=O) groups excluding carboxylic acids is 1.